The zero-order valence-electron chi connectivity index (χ0n) is 19.8. The van der Waals surface area contributed by atoms with Gasteiger partial charge in [0.1, 0.15) is 11.6 Å². The molecule has 0 fully saturated rings. The highest BCUT2D eigenvalue weighted by atomic mass is 32.2. The number of ketones is 1. The van der Waals surface area contributed by atoms with Crippen LogP contribution in [-0.4, -0.2) is 39.4 Å². The van der Waals surface area contributed by atoms with E-state index in [-0.39, 0.29) is 28.4 Å². The number of methoxy groups -OCH3 is 1. The van der Waals surface area contributed by atoms with Crippen molar-refractivity contribution < 1.29 is 18.3 Å². The lowest BCUT2D eigenvalue weighted by Gasteiger charge is -2.17. The smallest absolute Gasteiger partial charge is 0.266 e. The van der Waals surface area contributed by atoms with Gasteiger partial charge in [0.25, 0.3) is 5.56 Å². The second-order valence-electron chi connectivity index (χ2n) is 8.32. The number of hydrogen-bond acceptors (Lipinski definition) is 5. The maximum absolute atomic E-state index is 14.7. The van der Waals surface area contributed by atoms with E-state index in [1.807, 2.05) is 26.8 Å². The highest BCUT2D eigenvalue weighted by Gasteiger charge is 2.21. The molecule has 182 valence electrons. The van der Waals surface area contributed by atoms with Gasteiger partial charge < -0.3 is 9.30 Å². The first-order chi connectivity index (χ1) is 16.7. The second-order valence-corrected chi connectivity index (χ2v) is 9.26. The molecule has 2 heterocycles. The maximum Gasteiger partial charge on any atom is 0.266 e. The number of fused-ring (bicyclic) bond motifs is 1. The van der Waals surface area contributed by atoms with E-state index in [0.29, 0.717) is 29.1 Å². The highest BCUT2D eigenvalue weighted by Crippen LogP contribution is 2.26. The van der Waals surface area contributed by atoms with E-state index in [1.165, 1.54) is 6.07 Å². The molecule has 0 aliphatic carbocycles. The fraction of sp³-hybridized carbons (Fsp3) is 0.269. The Balaban J connectivity index is 1.73. The van der Waals surface area contributed by atoms with Gasteiger partial charge in [0.2, 0.25) is 0 Å². The molecule has 0 N–H and O–H groups in total. The summed E-state index contributed by atoms with van der Waals surface area (Å²) in [5.74, 6) is -1.81. The van der Waals surface area contributed by atoms with E-state index in [2.05, 4.69) is 9.55 Å². The molecule has 35 heavy (non-hydrogen) atoms. The molecule has 0 saturated heterocycles. The quantitative estimate of drug-likeness (QED) is 0.189. The summed E-state index contributed by atoms with van der Waals surface area (Å²) in [4.78, 5) is 31.0. The molecule has 4 rings (SSSR count). The van der Waals surface area contributed by atoms with Crippen LogP contribution in [0.5, 0.6) is 0 Å². The zero-order chi connectivity index (χ0) is 25.3. The van der Waals surface area contributed by atoms with E-state index in [9.17, 15) is 18.4 Å². The van der Waals surface area contributed by atoms with Crippen molar-refractivity contribution >= 4 is 28.4 Å². The molecule has 2 aromatic carbocycles. The molecule has 0 aliphatic rings. The van der Waals surface area contributed by atoms with E-state index >= 15 is 0 Å². The summed E-state index contributed by atoms with van der Waals surface area (Å²) in [5, 5.41) is 0.441. The number of thioether (sulfide) groups is 1. The Morgan fingerprint density at radius 3 is 2.60 bits per heavy atom. The lowest BCUT2D eigenvalue weighted by atomic mass is 10.2. The summed E-state index contributed by atoms with van der Waals surface area (Å²) in [6.45, 7) is 6.34. The van der Waals surface area contributed by atoms with Crippen LogP contribution in [0.1, 0.15) is 34.7 Å². The van der Waals surface area contributed by atoms with Crippen molar-refractivity contribution in [2.24, 2.45) is 0 Å². The van der Waals surface area contributed by atoms with Crippen molar-refractivity contribution in [2.75, 3.05) is 19.5 Å². The molecule has 9 heteroatoms. The van der Waals surface area contributed by atoms with Gasteiger partial charge in [-0.15, -0.1) is 0 Å². The Labute approximate surface area is 205 Å². The van der Waals surface area contributed by atoms with Gasteiger partial charge in [-0.2, -0.15) is 0 Å². The van der Waals surface area contributed by atoms with E-state index in [0.717, 1.165) is 33.8 Å². The molecular formula is C26H25F2N3O3S. The number of ether oxygens (including phenoxy) is 1. The third kappa shape index (κ3) is 4.78. The predicted octanol–water partition coefficient (Wildman–Crippen LogP) is 5.26. The van der Waals surface area contributed by atoms with Crippen LogP contribution in [0.3, 0.4) is 0 Å². The van der Waals surface area contributed by atoms with Gasteiger partial charge >= 0.3 is 0 Å². The highest BCUT2D eigenvalue weighted by molar-refractivity contribution is 7.99. The van der Waals surface area contributed by atoms with Crippen LogP contribution >= 0.6 is 11.8 Å². The summed E-state index contributed by atoms with van der Waals surface area (Å²) in [7, 11) is 1.63. The van der Waals surface area contributed by atoms with E-state index in [1.54, 1.807) is 31.4 Å². The summed E-state index contributed by atoms with van der Waals surface area (Å²) in [5.41, 5.74) is 2.14. The van der Waals surface area contributed by atoms with Crippen LogP contribution in [0, 0.1) is 25.5 Å². The molecule has 6 nitrogen and oxygen atoms in total. The molecule has 0 aliphatic heterocycles. The lowest BCUT2D eigenvalue weighted by molar-refractivity contribution is 0.102. The largest absolute Gasteiger partial charge is 0.383 e. The zero-order valence-corrected chi connectivity index (χ0v) is 20.7. The van der Waals surface area contributed by atoms with Crippen molar-refractivity contribution in [2.45, 2.75) is 32.0 Å². The fourth-order valence-corrected chi connectivity index (χ4v) is 5.23. The van der Waals surface area contributed by atoms with E-state index in [4.69, 9.17) is 4.74 Å². The number of Topliss-reactive ketones (excluding diaryl/α,β-unsaturated/α-hetero) is 1. The molecule has 4 aromatic rings. The minimum absolute atomic E-state index is 0.0173. The molecule has 0 bridgehead atoms. The number of carbonyl (C=O) groups excluding carboxylic acids is 1. The molecule has 0 spiro atoms. The number of para-hydroxylation sites is 1. The lowest BCUT2D eigenvalue weighted by Crippen LogP contribution is -2.23. The maximum atomic E-state index is 14.7. The van der Waals surface area contributed by atoms with Crippen LogP contribution in [-0.2, 0) is 4.74 Å². The van der Waals surface area contributed by atoms with Crippen molar-refractivity contribution in [3.8, 4) is 5.69 Å². The normalized spacial score (nSPS) is 12.3. The van der Waals surface area contributed by atoms with Crippen molar-refractivity contribution in [1.82, 2.24) is 14.1 Å². The Hall–Kier alpha value is -3.30. The average Bonchev–Trinajstić information content (AvgIpc) is 3.12. The minimum atomic E-state index is -0.895. The minimum Gasteiger partial charge on any atom is -0.383 e. The second kappa shape index (κ2) is 10.1. The number of benzene rings is 2. The number of nitrogens with zero attached hydrogens (tertiary/aromatic N) is 3. The standard InChI is InChI=1S/C26H25F2N3O3S/c1-15-11-20(17(3)30(15)16(2)13-34-4)24(32)14-35-26-29-22-8-6-5-7-19(22)25(33)31(26)23-10-9-18(27)12-21(23)28/h5-12,16H,13-14H2,1-4H3/t16-/m0/s1. The Morgan fingerprint density at radius 2 is 1.89 bits per heavy atom. The molecule has 1 atom stereocenters. The summed E-state index contributed by atoms with van der Waals surface area (Å²) in [6, 6.07) is 11.6. The van der Waals surface area contributed by atoms with Crippen LogP contribution in [0.2, 0.25) is 0 Å². The summed E-state index contributed by atoms with van der Waals surface area (Å²) < 4.78 is 36.6. The van der Waals surface area contributed by atoms with Gasteiger partial charge in [0.05, 0.1) is 35.0 Å². The third-order valence-electron chi connectivity index (χ3n) is 5.86. The molecule has 0 amide bonds. The summed E-state index contributed by atoms with van der Waals surface area (Å²) >= 11 is 1.04. The number of halogens is 2. The van der Waals surface area contributed by atoms with Crippen LogP contribution < -0.4 is 5.56 Å². The van der Waals surface area contributed by atoms with Crippen molar-refractivity contribution in [1.29, 1.82) is 0 Å². The van der Waals surface area contributed by atoms with Crippen LogP contribution in [0.25, 0.3) is 16.6 Å². The first-order valence-corrected chi connectivity index (χ1v) is 12.0. The number of aromatic nitrogens is 3. The predicted molar refractivity (Wildman–Crippen MR) is 133 cm³/mol. The molecule has 2 aromatic heterocycles. The average molecular weight is 498 g/mol. The number of aryl methyl sites for hydroxylation is 1. The number of rotatable bonds is 8. The first kappa shape index (κ1) is 24.8. The Kier molecular flexibility index (Phi) is 7.18. The van der Waals surface area contributed by atoms with Crippen molar-refractivity contribution in [3.63, 3.8) is 0 Å². The Bertz CT molecular complexity index is 1480. The van der Waals surface area contributed by atoms with Gasteiger partial charge in [-0.05, 0) is 51.1 Å². The summed E-state index contributed by atoms with van der Waals surface area (Å²) in [6.07, 6.45) is 0. The monoisotopic (exact) mass is 497 g/mol. The molecule has 0 saturated carbocycles. The van der Waals surface area contributed by atoms with Gasteiger partial charge in [-0.3, -0.25) is 14.2 Å². The Morgan fingerprint density at radius 1 is 1.14 bits per heavy atom. The van der Waals surface area contributed by atoms with E-state index < -0.39 is 17.2 Å². The SMILES string of the molecule is COC[C@H](C)n1c(C)cc(C(=O)CSc2nc3ccccc3c(=O)n2-c2ccc(F)cc2F)c1C. The third-order valence-corrected chi connectivity index (χ3v) is 6.80. The van der Waals surface area contributed by atoms with Crippen LogP contribution in [0.15, 0.2) is 58.5 Å². The van der Waals surface area contributed by atoms with Gasteiger partial charge in [0.15, 0.2) is 10.9 Å². The topological polar surface area (TPSA) is 66.1 Å². The molecule has 0 radical (unpaired) electrons. The first-order valence-electron chi connectivity index (χ1n) is 11.0. The molecular weight excluding hydrogens is 472 g/mol. The fourth-order valence-electron chi connectivity index (χ4n) is 4.35. The van der Waals surface area contributed by atoms with Crippen LogP contribution in [0.4, 0.5) is 8.78 Å². The van der Waals surface area contributed by atoms with Crippen molar-refractivity contribution in [3.05, 3.63) is 87.5 Å². The number of hydrogen-bond donors (Lipinski definition) is 0. The van der Waals surface area contributed by atoms with Gasteiger partial charge in [0, 0.05) is 30.1 Å². The molecule has 0 unspecified atom stereocenters. The number of carbonyl (C=O) groups is 1. The van der Waals surface area contributed by atoms with Gasteiger partial charge in [-0.25, -0.2) is 13.8 Å². The van der Waals surface area contributed by atoms with Gasteiger partial charge in [-0.1, -0.05) is 23.9 Å².